The highest BCUT2D eigenvalue weighted by molar-refractivity contribution is 9.10. The standard InChI is InChI=1S/C19H22BrN3O3/c1-3-23(16-9-5-4-6-10-16)13-18(24)21-22-19(25)14(2)26-17-11-7-8-15(20)12-17/h4-12,14H,3,13H2,1-2H3,(H,21,24)(H,22,25). The second-order valence-corrected chi connectivity index (χ2v) is 6.52. The van der Waals surface area contributed by atoms with Crippen molar-refractivity contribution in [3.05, 3.63) is 59.1 Å². The number of carbonyl (C=O) groups is 2. The van der Waals surface area contributed by atoms with Gasteiger partial charge in [0.05, 0.1) is 6.54 Å². The molecule has 0 heterocycles. The molecular weight excluding hydrogens is 398 g/mol. The molecule has 1 unspecified atom stereocenters. The molecule has 0 aliphatic rings. The topological polar surface area (TPSA) is 70.7 Å². The van der Waals surface area contributed by atoms with Crippen LogP contribution in [0.1, 0.15) is 13.8 Å². The third kappa shape index (κ3) is 6.07. The summed E-state index contributed by atoms with van der Waals surface area (Å²) in [5.41, 5.74) is 5.77. The minimum atomic E-state index is -0.749. The fourth-order valence-electron chi connectivity index (χ4n) is 2.27. The Kier molecular flexibility index (Phi) is 7.47. The molecule has 2 N–H and O–H groups in total. The summed E-state index contributed by atoms with van der Waals surface area (Å²) in [6.07, 6.45) is -0.749. The molecule has 0 radical (unpaired) electrons. The van der Waals surface area contributed by atoms with Gasteiger partial charge in [-0.05, 0) is 44.2 Å². The van der Waals surface area contributed by atoms with Crippen LogP contribution < -0.4 is 20.5 Å². The number of ether oxygens (including phenoxy) is 1. The number of rotatable bonds is 7. The van der Waals surface area contributed by atoms with Crippen molar-refractivity contribution in [3.63, 3.8) is 0 Å². The predicted molar refractivity (Wildman–Crippen MR) is 105 cm³/mol. The van der Waals surface area contributed by atoms with E-state index in [4.69, 9.17) is 4.74 Å². The Hall–Kier alpha value is -2.54. The Morgan fingerprint density at radius 2 is 1.85 bits per heavy atom. The molecule has 2 rings (SSSR count). The van der Waals surface area contributed by atoms with E-state index in [1.54, 1.807) is 19.1 Å². The van der Waals surface area contributed by atoms with Crippen LogP contribution in [0.4, 0.5) is 5.69 Å². The minimum Gasteiger partial charge on any atom is -0.481 e. The smallest absolute Gasteiger partial charge is 0.279 e. The monoisotopic (exact) mass is 419 g/mol. The zero-order valence-electron chi connectivity index (χ0n) is 14.7. The number of likely N-dealkylation sites (N-methyl/N-ethyl adjacent to an activating group) is 1. The number of amides is 2. The Labute approximate surface area is 161 Å². The van der Waals surface area contributed by atoms with Gasteiger partial charge in [-0.3, -0.25) is 20.4 Å². The molecule has 0 aliphatic heterocycles. The summed E-state index contributed by atoms with van der Waals surface area (Å²) >= 11 is 3.35. The number of halogens is 1. The zero-order chi connectivity index (χ0) is 18.9. The van der Waals surface area contributed by atoms with Gasteiger partial charge < -0.3 is 9.64 Å². The van der Waals surface area contributed by atoms with E-state index in [9.17, 15) is 9.59 Å². The molecule has 2 aromatic carbocycles. The number of nitrogens with one attached hydrogen (secondary N) is 2. The molecule has 138 valence electrons. The summed E-state index contributed by atoms with van der Waals surface area (Å²) in [5, 5.41) is 0. The largest absolute Gasteiger partial charge is 0.481 e. The fraction of sp³-hybridized carbons (Fsp3) is 0.263. The van der Waals surface area contributed by atoms with E-state index in [1.807, 2.05) is 54.3 Å². The number of anilines is 1. The molecule has 1 atom stereocenters. The second kappa shape index (κ2) is 9.82. The van der Waals surface area contributed by atoms with Crippen molar-refractivity contribution >= 4 is 33.4 Å². The molecule has 0 spiro atoms. The summed E-state index contributed by atoms with van der Waals surface area (Å²) in [6.45, 7) is 4.40. The highest BCUT2D eigenvalue weighted by Crippen LogP contribution is 2.18. The first-order chi connectivity index (χ1) is 12.5. The lowest BCUT2D eigenvalue weighted by atomic mass is 10.3. The highest BCUT2D eigenvalue weighted by Gasteiger charge is 2.16. The summed E-state index contributed by atoms with van der Waals surface area (Å²) in [7, 11) is 0. The quantitative estimate of drug-likeness (QED) is 0.676. The van der Waals surface area contributed by atoms with Gasteiger partial charge in [0.25, 0.3) is 11.8 Å². The average Bonchev–Trinajstić information content (AvgIpc) is 2.64. The average molecular weight is 420 g/mol. The van der Waals surface area contributed by atoms with Crippen LogP contribution in [0, 0.1) is 0 Å². The SMILES string of the molecule is CCN(CC(=O)NNC(=O)C(C)Oc1cccc(Br)c1)c1ccccc1. The van der Waals surface area contributed by atoms with Crippen LogP contribution in [0.25, 0.3) is 0 Å². The molecule has 0 aromatic heterocycles. The van der Waals surface area contributed by atoms with Crippen LogP contribution in [-0.2, 0) is 9.59 Å². The van der Waals surface area contributed by atoms with Gasteiger partial charge in [-0.2, -0.15) is 0 Å². The van der Waals surface area contributed by atoms with Crippen molar-refractivity contribution in [1.82, 2.24) is 10.9 Å². The Morgan fingerprint density at radius 3 is 2.50 bits per heavy atom. The third-order valence-corrected chi connectivity index (χ3v) is 4.13. The summed E-state index contributed by atoms with van der Waals surface area (Å²) in [5.74, 6) is -0.172. The molecule has 7 heteroatoms. The van der Waals surface area contributed by atoms with Crippen LogP contribution in [0.15, 0.2) is 59.1 Å². The van der Waals surface area contributed by atoms with Crippen LogP contribution in [0.3, 0.4) is 0 Å². The Bertz CT molecular complexity index is 740. The lowest BCUT2D eigenvalue weighted by Gasteiger charge is -2.22. The van der Waals surface area contributed by atoms with Crippen molar-refractivity contribution in [3.8, 4) is 5.75 Å². The maximum Gasteiger partial charge on any atom is 0.279 e. The van der Waals surface area contributed by atoms with Gasteiger partial charge in [-0.1, -0.05) is 40.2 Å². The van der Waals surface area contributed by atoms with E-state index in [1.165, 1.54) is 0 Å². The molecule has 0 aliphatic carbocycles. The zero-order valence-corrected chi connectivity index (χ0v) is 16.3. The lowest BCUT2D eigenvalue weighted by molar-refractivity contribution is -0.132. The van der Waals surface area contributed by atoms with Gasteiger partial charge in [0, 0.05) is 16.7 Å². The van der Waals surface area contributed by atoms with Crippen molar-refractivity contribution in [1.29, 1.82) is 0 Å². The van der Waals surface area contributed by atoms with Gasteiger partial charge in [0.1, 0.15) is 5.75 Å². The van der Waals surface area contributed by atoms with Crippen molar-refractivity contribution < 1.29 is 14.3 Å². The van der Waals surface area contributed by atoms with Crippen molar-refractivity contribution in [2.24, 2.45) is 0 Å². The number of hydrogen-bond donors (Lipinski definition) is 2. The lowest BCUT2D eigenvalue weighted by Crippen LogP contribution is -2.50. The van der Waals surface area contributed by atoms with E-state index in [0.717, 1.165) is 10.2 Å². The number of nitrogens with zero attached hydrogens (tertiary/aromatic N) is 1. The van der Waals surface area contributed by atoms with Gasteiger partial charge in [-0.25, -0.2) is 0 Å². The molecule has 0 bridgehead atoms. The normalized spacial score (nSPS) is 11.3. The molecule has 26 heavy (non-hydrogen) atoms. The Balaban J connectivity index is 1.81. The van der Waals surface area contributed by atoms with Gasteiger partial charge >= 0.3 is 0 Å². The summed E-state index contributed by atoms with van der Waals surface area (Å²) in [6, 6.07) is 16.8. The molecule has 6 nitrogen and oxygen atoms in total. The number of hydrogen-bond acceptors (Lipinski definition) is 4. The van der Waals surface area contributed by atoms with Crippen molar-refractivity contribution in [2.45, 2.75) is 20.0 Å². The van der Waals surface area contributed by atoms with Gasteiger partial charge in [0.2, 0.25) is 0 Å². The van der Waals surface area contributed by atoms with Crippen LogP contribution >= 0.6 is 15.9 Å². The first kappa shape index (κ1) is 19.8. The van der Waals surface area contributed by atoms with E-state index in [-0.39, 0.29) is 12.5 Å². The number of benzene rings is 2. The molecule has 2 aromatic rings. The van der Waals surface area contributed by atoms with E-state index < -0.39 is 12.0 Å². The summed E-state index contributed by atoms with van der Waals surface area (Å²) in [4.78, 5) is 26.1. The van der Waals surface area contributed by atoms with Crippen LogP contribution in [-0.4, -0.2) is 31.0 Å². The molecular formula is C19H22BrN3O3. The predicted octanol–water partition coefficient (Wildman–Crippen LogP) is 2.89. The molecule has 0 fully saturated rings. The second-order valence-electron chi connectivity index (χ2n) is 5.60. The highest BCUT2D eigenvalue weighted by atomic mass is 79.9. The van der Waals surface area contributed by atoms with Crippen LogP contribution in [0.5, 0.6) is 5.75 Å². The number of para-hydroxylation sites is 1. The minimum absolute atomic E-state index is 0.141. The third-order valence-electron chi connectivity index (χ3n) is 3.64. The summed E-state index contributed by atoms with van der Waals surface area (Å²) < 4.78 is 6.41. The molecule has 0 saturated carbocycles. The number of carbonyl (C=O) groups excluding carboxylic acids is 2. The van der Waals surface area contributed by atoms with E-state index in [0.29, 0.717) is 12.3 Å². The maximum atomic E-state index is 12.1. The van der Waals surface area contributed by atoms with Gasteiger partial charge in [-0.15, -0.1) is 0 Å². The fourth-order valence-corrected chi connectivity index (χ4v) is 2.65. The first-order valence-electron chi connectivity index (χ1n) is 8.30. The Morgan fingerprint density at radius 1 is 1.12 bits per heavy atom. The van der Waals surface area contributed by atoms with E-state index in [2.05, 4.69) is 26.8 Å². The van der Waals surface area contributed by atoms with E-state index >= 15 is 0 Å². The first-order valence-corrected chi connectivity index (χ1v) is 9.09. The maximum absolute atomic E-state index is 12.1. The molecule has 0 saturated heterocycles. The van der Waals surface area contributed by atoms with Gasteiger partial charge in [0.15, 0.2) is 6.10 Å². The van der Waals surface area contributed by atoms with Crippen molar-refractivity contribution in [2.75, 3.05) is 18.0 Å². The molecule has 2 amide bonds. The number of hydrazine groups is 1. The van der Waals surface area contributed by atoms with Crippen LogP contribution in [0.2, 0.25) is 0 Å².